The van der Waals surface area contributed by atoms with Crippen LogP contribution in [0.5, 0.6) is 0 Å². The minimum absolute atomic E-state index is 0.0868. The zero-order chi connectivity index (χ0) is 18.7. The van der Waals surface area contributed by atoms with E-state index in [4.69, 9.17) is 23.2 Å². The fraction of sp³-hybridized carbons (Fsp3) is 0.211. The van der Waals surface area contributed by atoms with Crippen LogP contribution in [-0.2, 0) is 4.79 Å². The van der Waals surface area contributed by atoms with Crippen molar-refractivity contribution in [2.45, 2.75) is 30.2 Å². The number of benzene rings is 2. The summed E-state index contributed by atoms with van der Waals surface area (Å²) in [6.45, 7) is 3.75. The Balaban J connectivity index is 1.71. The third kappa shape index (κ3) is 4.29. The number of aromatic nitrogens is 2. The van der Waals surface area contributed by atoms with Crippen molar-refractivity contribution in [3.63, 3.8) is 0 Å². The lowest BCUT2D eigenvalue weighted by Gasteiger charge is -2.19. The second kappa shape index (κ2) is 8.25. The van der Waals surface area contributed by atoms with E-state index in [1.807, 2.05) is 44.2 Å². The summed E-state index contributed by atoms with van der Waals surface area (Å²) < 4.78 is 0. The van der Waals surface area contributed by atoms with E-state index in [-0.39, 0.29) is 17.2 Å². The summed E-state index contributed by atoms with van der Waals surface area (Å²) >= 11 is 13.6. The van der Waals surface area contributed by atoms with Crippen LogP contribution in [0, 0.1) is 0 Å². The van der Waals surface area contributed by atoms with Gasteiger partial charge in [0.2, 0.25) is 5.91 Å². The normalized spacial score (nSPS) is 13.4. The molecule has 3 aromatic rings. The van der Waals surface area contributed by atoms with Gasteiger partial charge in [0.1, 0.15) is 11.4 Å². The van der Waals surface area contributed by atoms with Crippen molar-refractivity contribution in [3.05, 3.63) is 64.4 Å². The number of nitrogens with one attached hydrogen (secondary N) is 1. The summed E-state index contributed by atoms with van der Waals surface area (Å²) in [7, 11) is 0. The molecule has 0 aliphatic heterocycles. The zero-order valence-electron chi connectivity index (χ0n) is 14.2. The van der Waals surface area contributed by atoms with Crippen molar-refractivity contribution in [1.82, 2.24) is 15.3 Å². The predicted octanol–water partition coefficient (Wildman–Crippen LogP) is 5.29. The van der Waals surface area contributed by atoms with E-state index < -0.39 is 0 Å². The second-order valence-electron chi connectivity index (χ2n) is 5.85. The highest BCUT2D eigenvalue weighted by atomic mass is 35.5. The van der Waals surface area contributed by atoms with Crippen molar-refractivity contribution < 1.29 is 4.79 Å². The van der Waals surface area contributed by atoms with Crippen LogP contribution in [0.4, 0.5) is 0 Å². The van der Waals surface area contributed by atoms with Gasteiger partial charge in [0.15, 0.2) is 0 Å². The first kappa shape index (κ1) is 19.0. The Bertz CT molecular complexity index is 946. The first-order valence-electron chi connectivity index (χ1n) is 8.07. The molecule has 134 valence electrons. The number of carbonyl (C=O) groups is 1. The number of thioether (sulfide) groups is 1. The first-order valence-corrected chi connectivity index (χ1v) is 9.71. The SMILES string of the molecule is C[C@H](Sc1ncnc2ccccc12)C(=O)N[C@H](C)c1ccc(Cl)cc1Cl. The van der Waals surface area contributed by atoms with Crippen LogP contribution >= 0.6 is 35.0 Å². The van der Waals surface area contributed by atoms with Gasteiger partial charge in [0.25, 0.3) is 0 Å². The number of hydrogen-bond donors (Lipinski definition) is 1. The van der Waals surface area contributed by atoms with Gasteiger partial charge in [0.05, 0.1) is 16.8 Å². The van der Waals surface area contributed by atoms with Crippen LogP contribution in [0.2, 0.25) is 10.0 Å². The van der Waals surface area contributed by atoms with Gasteiger partial charge in [-0.25, -0.2) is 9.97 Å². The molecular formula is C19H17Cl2N3OS. The first-order chi connectivity index (χ1) is 12.5. The number of nitrogens with zero attached hydrogens (tertiary/aromatic N) is 2. The lowest BCUT2D eigenvalue weighted by atomic mass is 10.1. The predicted molar refractivity (Wildman–Crippen MR) is 108 cm³/mol. The molecule has 0 saturated heterocycles. The van der Waals surface area contributed by atoms with Crippen LogP contribution in [0.1, 0.15) is 25.5 Å². The van der Waals surface area contributed by atoms with E-state index in [0.717, 1.165) is 21.5 Å². The third-order valence-corrected chi connectivity index (χ3v) is 5.63. The van der Waals surface area contributed by atoms with Crippen LogP contribution in [0.3, 0.4) is 0 Å². The molecule has 26 heavy (non-hydrogen) atoms. The molecule has 0 unspecified atom stereocenters. The summed E-state index contributed by atoms with van der Waals surface area (Å²) in [5, 5.41) is 5.50. The van der Waals surface area contributed by atoms with Gasteiger partial charge in [-0.05, 0) is 37.6 Å². The van der Waals surface area contributed by atoms with Gasteiger partial charge in [-0.15, -0.1) is 0 Å². The van der Waals surface area contributed by atoms with Crippen molar-refractivity contribution in [2.24, 2.45) is 0 Å². The summed E-state index contributed by atoms with van der Waals surface area (Å²) in [5.41, 5.74) is 1.69. The maximum Gasteiger partial charge on any atom is 0.233 e. The van der Waals surface area contributed by atoms with E-state index in [1.54, 1.807) is 12.1 Å². The monoisotopic (exact) mass is 405 g/mol. The van der Waals surface area contributed by atoms with E-state index in [2.05, 4.69) is 15.3 Å². The molecule has 7 heteroatoms. The highest BCUT2D eigenvalue weighted by Gasteiger charge is 2.20. The molecule has 0 spiro atoms. The molecule has 0 aliphatic rings. The molecule has 0 radical (unpaired) electrons. The topological polar surface area (TPSA) is 54.9 Å². The Morgan fingerprint density at radius 3 is 2.65 bits per heavy atom. The standard InChI is InChI=1S/C19H17Cl2N3OS/c1-11(14-8-7-13(20)9-16(14)21)24-18(25)12(2)26-19-15-5-3-4-6-17(15)22-10-23-19/h3-12H,1-2H3,(H,24,25)/t11-,12+/m1/s1. The van der Waals surface area contributed by atoms with Gasteiger partial charge < -0.3 is 5.32 Å². The van der Waals surface area contributed by atoms with Crippen LogP contribution < -0.4 is 5.32 Å². The highest BCUT2D eigenvalue weighted by Crippen LogP contribution is 2.29. The Morgan fingerprint density at radius 1 is 1.12 bits per heavy atom. The summed E-state index contributed by atoms with van der Waals surface area (Å²) in [5.74, 6) is -0.0868. The van der Waals surface area contributed by atoms with Crippen LogP contribution in [0.25, 0.3) is 10.9 Å². The largest absolute Gasteiger partial charge is 0.349 e. The number of carbonyl (C=O) groups excluding carboxylic acids is 1. The fourth-order valence-electron chi connectivity index (χ4n) is 2.56. The van der Waals surface area contributed by atoms with Crippen LogP contribution in [-0.4, -0.2) is 21.1 Å². The number of para-hydroxylation sites is 1. The lowest BCUT2D eigenvalue weighted by Crippen LogP contribution is -2.33. The van der Waals surface area contributed by atoms with Gasteiger partial charge in [-0.2, -0.15) is 0 Å². The smallest absolute Gasteiger partial charge is 0.233 e. The minimum Gasteiger partial charge on any atom is -0.349 e. The van der Waals surface area contributed by atoms with E-state index in [9.17, 15) is 4.79 Å². The number of hydrogen-bond acceptors (Lipinski definition) is 4. The Hall–Kier alpha value is -1.82. The quantitative estimate of drug-likeness (QED) is 0.462. The number of fused-ring (bicyclic) bond motifs is 1. The molecule has 1 N–H and O–H groups in total. The van der Waals surface area contributed by atoms with Gasteiger partial charge in [0, 0.05) is 15.4 Å². The molecule has 2 aromatic carbocycles. The fourth-order valence-corrected chi connectivity index (χ4v) is 4.05. The Kier molecular flexibility index (Phi) is 6.01. The minimum atomic E-state index is -0.318. The van der Waals surface area contributed by atoms with Gasteiger partial charge >= 0.3 is 0 Å². The molecule has 1 amide bonds. The highest BCUT2D eigenvalue weighted by molar-refractivity contribution is 8.00. The van der Waals surface area contributed by atoms with Crippen molar-refractivity contribution in [2.75, 3.05) is 0 Å². The Labute approximate surface area is 166 Å². The molecule has 0 fully saturated rings. The number of amides is 1. The molecule has 1 heterocycles. The third-order valence-electron chi connectivity index (χ3n) is 3.95. The molecule has 1 aromatic heterocycles. The van der Waals surface area contributed by atoms with Crippen molar-refractivity contribution >= 4 is 51.8 Å². The van der Waals surface area contributed by atoms with Gasteiger partial charge in [-0.3, -0.25) is 4.79 Å². The van der Waals surface area contributed by atoms with Crippen LogP contribution in [0.15, 0.2) is 53.8 Å². The zero-order valence-corrected chi connectivity index (χ0v) is 16.6. The second-order valence-corrected chi connectivity index (χ2v) is 8.03. The molecular weight excluding hydrogens is 389 g/mol. The molecule has 0 saturated carbocycles. The molecule has 0 bridgehead atoms. The van der Waals surface area contributed by atoms with E-state index in [0.29, 0.717) is 10.0 Å². The van der Waals surface area contributed by atoms with Gasteiger partial charge in [-0.1, -0.05) is 59.2 Å². The molecule has 3 rings (SSSR count). The van der Waals surface area contributed by atoms with E-state index >= 15 is 0 Å². The Morgan fingerprint density at radius 2 is 1.88 bits per heavy atom. The summed E-state index contributed by atoms with van der Waals surface area (Å²) in [4.78, 5) is 21.2. The van der Waals surface area contributed by atoms with Crippen molar-refractivity contribution in [3.8, 4) is 0 Å². The summed E-state index contributed by atoms with van der Waals surface area (Å²) in [6, 6.07) is 12.8. The lowest BCUT2D eigenvalue weighted by molar-refractivity contribution is -0.120. The average molecular weight is 406 g/mol. The van der Waals surface area contributed by atoms with Crippen molar-refractivity contribution in [1.29, 1.82) is 0 Å². The van der Waals surface area contributed by atoms with E-state index in [1.165, 1.54) is 18.1 Å². The molecule has 4 nitrogen and oxygen atoms in total. The number of halogens is 2. The number of rotatable bonds is 5. The maximum absolute atomic E-state index is 12.6. The maximum atomic E-state index is 12.6. The molecule has 2 atom stereocenters. The molecule has 0 aliphatic carbocycles. The average Bonchev–Trinajstić information content (AvgIpc) is 2.61. The summed E-state index contributed by atoms with van der Waals surface area (Å²) in [6.07, 6.45) is 1.52.